The molecule has 0 radical (unpaired) electrons. The standard InChI is InChI=1S/C18H14N4O3S/c1-12(16(23)21-17-14(11-19)7-10-26-17)25-18(24)13-3-5-15(6-4-13)22-9-2-8-20-22/h2-10,12H,1H3,(H,21,23). The van der Waals surface area contributed by atoms with Crippen LogP contribution in [0.15, 0.2) is 54.2 Å². The van der Waals surface area contributed by atoms with E-state index >= 15 is 0 Å². The molecule has 2 aromatic heterocycles. The molecule has 1 unspecified atom stereocenters. The first-order valence-electron chi connectivity index (χ1n) is 7.68. The Morgan fingerprint density at radius 1 is 1.31 bits per heavy atom. The lowest BCUT2D eigenvalue weighted by atomic mass is 10.2. The van der Waals surface area contributed by atoms with Gasteiger partial charge in [0.05, 0.1) is 16.8 Å². The largest absolute Gasteiger partial charge is 0.449 e. The maximum absolute atomic E-state index is 12.2. The maximum atomic E-state index is 12.2. The van der Waals surface area contributed by atoms with E-state index in [1.54, 1.807) is 58.9 Å². The van der Waals surface area contributed by atoms with Gasteiger partial charge in [-0.05, 0) is 48.7 Å². The van der Waals surface area contributed by atoms with Gasteiger partial charge in [-0.1, -0.05) is 0 Å². The highest BCUT2D eigenvalue weighted by Crippen LogP contribution is 2.22. The van der Waals surface area contributed by atoms with E-state index in [2.05, 4.69) is 10.4 Å². The van der Waals surface area contributed by atoms with Crippen LogP contribution in [0, 0.1) is 11.3 Å². The number of esters is 1. The number of nitrogens with zero attached hydrogens (tertiary/aromatic N) is 3. The van der Waals surface area contributed by atoms with E-state index in [1.807, 2.05) is 6.07 Å². The van der Waals surface area contributed by atoms with Gasteiger partial charge in [-0.3, -0.25) is 4.79 Å². The Labute approximate surface area is 153 Å². The molecule has 1 aromatic carbocycles. The van der Waals surface area contributed by atoms with Crippen LogP contribution in [0.3, 0.4) is 0 Å². The maximum Gasteiger partial charge on any atom is 0.338 e. The highest BCUT2D eigenvalue weighted by atomic mass is 32.1. The third kappa shape index (κ3) is 3.79. The SMILES string of the molecule is CC(OC(=O)c1ccc(-n2cccn2)cc1)C(=O)Nc1sccc1C#N. The highest BCUT2D eigenvalue weighted by molar-refractivity contribution is 7.14. The van der Waals surface area contributed by atoms with Crippen LogP contribution in [-0.2, 0) is 9.53 Å². The quantitative estimate of drug-likeness (QED) is 0.700. The molecule has 0 saturated carbocycles. The first-order valence-corrected chi connectivity index (χ1v) is 8.56. The van der Waals surface area contributed by atoms with Gasteiger partial charge in [0, 0.05) is 12.4 Å². The second-order valence-corrected chi connectivity index (χ2v) is 6.23. The predicted molar refractivity (Wildman–Crippen MR) is 96.1 cm³/mol. The number of nitrogens with one attached hydrogen (secondary N) is 1. The van der Waals surface area contributed by atoms with Crippen molar-refractivity contribution in [2.75, 3.05) is 5.32 Å². The molecule has 3 aromatic rings. The van der Waals surface area contributed by atoms with Gasteiger partial charge in [0.1, 0.15) is 11.1 Å². The van der Waals surface area contributed by atoms with Crippen molar-refractivity contribution >= 4 is 28.2 Å². The van der Waals surface area contributed by atoms with Crippen LogP contribution < -0.4 is 5.32 Å². The average Bonchev–Trinajstić information content (AvgIpc) is 3.33. The molecule has 1 amide bonds. The second-order valence-electron chi connectivity index (χ2n) is 5.31. The second kappa shape index (κ2) is 7.63. The summed E-state index contributed by atoms with van der Waals surface area (Å²) in [5.41, 5.74) is 1.50. The summed E-state index contributed by atoms with van der Waals surface area (Å²) in [4.78, 5) is 24.4. The minimum atomic E-state index is -0.998. The summed E-state index contributed by atoms with van der Waals surface area (Å²) in [6, 6.07) is 12.1. The Hall–Kier alpha value is -3.44. The molecular formula is C18H14N4O3S. The summed E-state index contributed by atoms with van der Waals surface area (Å²) in [5, 5.41) is 17.8. The van der Waals surface area contributed by atoms with Crippen molar-refractivity contribution in [2.24, 2.45) is 0 Å². The zero-order chi connectivity index (χ0) is 18.5. The molecule has 0 aliphatic heterocycles. The van der Waals surface area contributed by atoms with Gasteiger partial charge in [-0.15, -0.1) is 11.3 Å². The van der Waals surface area contributed by atoms with Gasteiger partial charge in [0.15, 0.2) is 6.10 Å². The summed E-state index contributed by atoms with van der Waals surface area (Å²) in [6.45, 7) is 1.48. The van der Waals surface area contributed by atoms with E-state index in [-0.39, 0.29) is 0 Å². The molecule has 1 N–H and O–H groups in total. The average molecular weight is 366 g/mol. The van der Waals surface area contributed by atoms with Crippen molar-refractivity contribution in [2.45, 2.75) is 13.0 Å². The zero-order valence-electron chi connectivity index (χ0n) is 13.7. The molecule has 3 rings (SSSR count). The molecular weight excluding hydrogens is 352 g/mol. The van der Waals surface area contributed by atoms with Crippen molar-refractivity contribution in [1.29, 1.82) is 5.26 Å². The zero-order valence-corrected chi connectivity index (χ0v) is 14.6. The van der Waals surface area contributed by atoms with Crippen molar-refractivity contribution in [3.8, 4) is 11.8 Å². The van der Waals surface area contributed by atoms with Gasteiger partial charge < -0.3 is 10.1 Å². The fraction of sp³-hybridized carbons (Fsp3) is 0.111. The number of carbonyl (C=O) groups excluding carboxylic acids is 2. The minimum Gasteiger partial charge on any atom is -0.449 e. The lowest BCUT2D eigenvalue weighted by Gasteiger charge is -2.13. The first-order chi connectivity index (χ1) is 12.6. The summed E-state index contributed by atoms with van der Waals surface area (Å²) < 4.78 is 6.87. The number of hydrogen-bond acceptors (Lipinski definition) is 6. The van der Waals surface area contributed by atoms with Gasteiger partial charge in [-0.2, -0.15) is 10.4 Å². The molecule has 8 heteroatoms. The summed E-state index contributed by atoms with van der Waals surface area (Å²) in [5.74, 6) is -1.10. The van der Waals surface area contributed by atoms with Crippen molar-refractivity contribution in [3.05, 3.63) is 65.3 Å². The summed E-state index contributed by atoms with van der Waals surface area (Å²) >= 11 is 1.23. The van der Waals surface area contributed by atoms with Crippen LogP contribution in [0.4, 0.5) is 5.00 Å². The predicted octanol–water partition coefficient (Wildman–Crippen LogP) is 2.99. The molecule has 26 heavy (non-hydrogen) atoms. The molecule has 7 nitrogen and oxygen atoms in total. The van der Waals surface area contributed by atoms with Gasteiger partial charge >= 0.3 is 5.97 Å². The molecule has 2 heterocycles. The van der Waals surface area contributed by atoms with E-state index in [4.69, 9.17) is 10.00 Å². The number of hydrogen-bond donors (Lipinski definition) is 1. The molecule has 0 aliphatic rings. The van der Waals surface area contributed by atoms with E-state index in [0.717, 1.165) is 5.69 Å². The number of ether oxygens (including phenoxy) is 1. The van der Waals surface area contributed by atoms with Crippen molar-refractivity contribution in [3.63, 3.8) is 0 Å². The minimum absolute atomic E-state index is 0.328. The smallest absolute Gasteiger partial charge is 0.338 e. The molecule has 0 spiro atoms. The Morgan fingerprint density at radius 2 is 2.08 bits per heavy atom. The first kappa shape index (κ1) is 17.4. The fourth-order valence-electron chi connectivity index (χ4n) is 2.16. The van der Waals surface area contributed by atoms with E-state index in [1.165, 1.54) is 18.3 Å². The topological polar surface area (TPSA) is 97.0 Å². The summed E-state index contributed by atoms with van der Waals surface area (Å²) in [6.07, 6.45) is 2.45. The normalized spacial score (nSPS) is 11.4. The van der Waals surface area contributed by atoms with Gasteiger partial charge in [0.2, 0.25) is 0 Å². The molecule has 0 fully saturated rings. The van der Waals surface area contributed by atoms with Crippen LogP contribution in [-0.4, -0.2) is 27.8 Å². The molecule has 0 saturated heterocycles. The lowest BCUT2D eigenvalue weighted by molar-refractivity contribution is -0.123. The fourth-order valence-corrected chi connectivity index (χ4v) is 2.90. The van der Waals surface area contributed by atoms with E-state index < -0.39 is 18.0 Å². The molecule has 1 atom stereocenters. The third-order valence-corrected chi connectivity index (χ3v) is 4.38. The Bertz CT molecular complexity index is 955. The lowest BCUT2D eigenvalue weighted by Crippen LogP contribution is -2.29. The summed E-state index contributed by atoms with van der Waals surface area (Å²) in [7, 11) is 0. The van der Waals surface area contributed by atoms with Crippen molar-refractivity contribution in [1.82, 2.24) is 9.78 Å². The molecule has 130 valence electrons. The van der Waals surface area contributed by atoms with Crippen molar-refractivity contribution < 1.29 is 14.3 Å². The van der Waals surface area contributed by atoms with Crippen LogP contribution in [0.5, 0.6) is 0 Å². The van der Waals surface area contributed by atoms with Gasteiger partial charge in [0.25, 0.3) is 5.91 Å². The number of thiophene rings is 1. The number of benzene rings is 1. The third-order valence-electron chi connectivity index (χ3n) is 3.55. The Kier molecular flexibility index (Phi) is 5.10. The number of nitriles is 1. The Balaban J connectivity index is 1.62. The number of carbonyl (C=O) groups is 2. The molecule has 0 aliphatic carbocycles. The van der Waals surface area contributed by atoms with E-state index in [9.17, 15) is 9.59 Å². The molecule has 0 bridgehead atoms. The van der Waals surface area contributed by atoms with E-state index in [0.29, 0.717) is 16.1 Å². The monoisotopic (exact) mass is 366 g/mol. The van der Waals surface area contributed by atoms with Crippen LogP contribution in [0.2, 0.25) is 0 Å². The van der Waals surface area contributed by atoms with Crippen LogP contribution in [0.1, 0.15) is 22.8 Å². The number of aromatic nitrogens is 2. The number of rotatable bonds is 5. The van der Waals surface area contributed by atoms with Gasteiger partial charge in [-0.25, -0.2) is 9.48 Å². The van der Waals surface area contributed by atoms with Crippen LogP contribution >= 0.6 is 11.3 Å². The van der Waals surface area contributed by atoms with Crippen LogP contribution in [0.25, 0.3) is 5.69 Å². The number of anilines is 1. The Morgan fingerprint density at radius 3 is 2.73 bits per heavy atom. The number of amides is 1. The highest BCUT2D eigenvalue weighted by Gasteiger charge is 2.20.